The van der Waals surface area contributed by atoms with Gasteiger partial charge < -0.3 is 11.1 Å². The fraction of sp³-hybridized carbons (Fsp3) is 0.167. The Morgan fingerprint density at radius 2 is 1.89 bits per heavy atom. The van der Waals surface area contributed by atoms with Crippen LogP contribution in [0.15, 0.2) is 22.8 Å². The molecule has 0 atom stereocenters. The maximum Gasteiger partial charge on any atom is 0.222 e. The molecule has 0 radical (unpaired) electrons. The monoisotopic (exact) mass is 326 g/mol. The van der Waals surface area contributed by atoms with Crippen LogP contribution in [0.5, 0.6) is 0 Å². The topological polar surface area (TPSA) is 63.8 Å². The minimum absolute atomic E-state index is 0.187. The molecule has 0 bridgehead atoms. The average Bonchev–Trinajstić information content (AvgIpc) is 2.31. The smallest absolute Gasteiger partial charge is 0.222 e. The Hall–Kier alpha value is -1.33. The van der Waals surface area contributed by atoms with Gasteiger partial charge in [0.25, 0.3) is 0 Å². The van der Waals surface area contributed by atoms with Crippen molar-refractivity contribution in [2.45, 2.75) is 13.8 Å². The van der Waals surface area contributed by atoms with Gasteiger partial charge in [0, 0.05) is 10.2 Å². The van der Waals surface area contributed by atoms with Crippen molar-refractivity contribution >= 4 is 45.0 Å². The molecule has 1 aromatic heterocycles. The second-order valence-electron chi connectivity index (χ2n) is 3.97. The normalized spacial score (nSPS) is 10.4. The van der Waals surface area contributed by atoms with Crippen LogP contribution < -0.4 is 11.1 Å². The van der Waals surface area contributed by atoms with Crippen LogP contribution in [0.1, 0.15) is 11.1 Å². The van der Waals surface area contributed by atoms with Gasteiger partial charge in [0.05, 0.1) is 6.20 Å². The molecule has 6 heteroatoms. The number of rotatable bonds is 2. The van der Waals surface area contributed by atoms with Crippen LogP contribution in [0.25, 0.3) is 0 Å². The van der Waals surface area contributed by atoms with Crippen LogP contribution in [0.3, 0.4) is 0 Å². The first kappa shape index (κ1) is 13.1. The van der Waals surface area contributed by atoms with E-state index < -0.39 is 0 Å². The second kappa shape index (κ2) is 5.12. The highest BCUT2D eigenvalue weighted by Gasteiger charge is 2.07. The van der Waals surface area contributed by atoms with Crippen LogP contribution in [0.4, 0.5) is 17.5 Å². The number of benzene rings is 1. The van der Waals surface area contributed by atoms with Gasteiger partial charge in [-0.05, 0) is 37.1 Å². The average molecular weight is 328 g/mol. The van der Waals surface area contributed by atoms with Gasteiger partial charge in [-0.1, -0.05) is 27.5 Å². The zero-order valence-corrected chi connectivity index (χ0v) is 12.3. The van der Waals surface area contributed by atoms with Crippen molar-refractivity contribution in [1.82, 2.24) is 9.97 Å². The van der Waals surface area contributed by atoms with Crippen molar-refractivity contribution in [2.75, 3.05) is 11.1 Å². The standard InChI is InChI=1S/C12H12BrClN4/c1-6-3-8(4-7(2)10(6)13)17-11-9(14)5-16-12(15)18-11/h3-5H,1-2H3,(H3,15,16,17,18). The Bertz CT molecular complexity index is 578. The molecule has 0 aliphatic carbocycles. The molecule has 0 fully saturated rings. The number of hydrogen-bond acceptors (Lipinski definition) is 4. The van der Waals surface area contributed by atoms with Crippen LogP contribution in [-0.2, 0) is 0 Å². The lowest BCUT2D eigenvalue weighted by Crippen LogP contribution is -2.01. The Balaban J connectivity index is 2.37. The second-order valence-corrected chi connectivity index (χ2v) is 5.17. The summed E-state index contributed by atoms with van der Waals surface area (Å²) in [6.07, 6.45) is 1.48. The number of nitrogens with zero attached hydrogens (tertiary/aromatic N) is 2. The summed E-state index contributed by atoms with van der Waals surface area (Å²) in [5.41, 5.74) is 8.72. The summed E-state index contributed by atoms with van der Waals surface area (Å²) in [4.78, 5) is 7.88. The SMILES string of the molecule is Cc1cc(Nc2nc(N)ncc2Cl)cc(C)c1Br. The third-order valence-corrected chi connectivity index (χ3v) is 3.99. The maximum atomic E-state index is 6.00. The Kier molecular flexibility index (Phi) is 3.73. The number of nitrogens with two attached hydrogens (primary N) is 1. The van der Waals surface area contributed by atoms with Gasteiger partial charge in [0.2, 0.25) is 5.95 Å². The summed E-state index contributed by atoms with van der Waals surface area (Å²) in [5, 5.41) is 3.57. The zero-order valence-electron chi connectivity index (χ0n) is 9.96. The Labute approximate surface area is 119 Å². The minimum atomic E-state index is 0.187. The first-order valence-corrected chi connectivity index (χ1v) is 6.46. The molecular weight excluding hydrogens is 316 g/mol. The first-order valence-electron chi connectivity index (χ1n) is 5.29. The van der Waals surface area contributed by atoms with E-state index in [2.05, 4.69) is 31.2 Å². The number of nitrogen functional groups attached to an aromatic ring is 1. The summed E-state index contributed by atoms with van der Waals surface area (Å²) >= 11 is 9.53. The van der Waals surface area contributed by atoms with Gasteiger partial charge in [-0.25, -0.2) is 4.98 Å². The Morgan fingerprint density at radius 1 is 1.28 bits per heavy atom. The Morgan fingerprint density at radius 3 is 2.50 bits per heavy atom. The molecule has 4 nitrogen and oxygen atoms in total. The van der Waals surface area contributed by atoms with Gasteiger partial charge in [0.1, 0.15) is 5.02 Å². The number of halogens is 2. The molecule has 2 rings (SSSR count). The number of aryl methyl sites for hydroxylation is 2. The summed E-state index contributed by atoms with van der Waals surface area (Å²) in [5.74, 6) is 0.692. The van der Waals surface area contributed by atoms with Gasteiger partial charge >= 0.3 is 0 Å². The van der Waals surface area contributed by atoms with Gasteiger partial charge in [-0.3, -0.25) is 0 Å². The van der Waals surface area contributed by atoms with Crippen molar-refractivity contribution in [2.24, 2.45) is 0 Å². The zero-order chi connectivity index (χ0) is 13.3. The van der Waals surface area contributed by atoms with Crippen molar-refractivity contribution in [1.29, 1.82) is 0 Å². The molecule has 0 saturated heterocycles. The van der Waals surface area contributed by atoms with Crippen LogP contribution >= 0.6 is 27.5 Å². The molecule has 1 heterocycles. The van der Waals surface area contributed by atoms with Crippen molar-refractivity contribution < 1.29 is 0 Å². The lowest BCUT2D eigenvalue weighted by Gasteiger charge is -2.11. The lowest BCUT2D eigenvalue weighted by molar-refractivity contribution is 1.18. The molecule has 0 aliphatic rings. The first-order chi connectivity index (χ1) is 8.47. The van der Waals surface area contributed by atoms with Crippen molar-refractivity contribution in [3.63, 3.8) is 0 Å². The molecular formula is C12H12BrClN4. The molecule has 0 amide bonds. The molecule has 2 aromatic rings. The molecule has 0 saturated carbocycles. The highest BCUT2D eigenvalue weighted by Crippen LogP contribution is 2.28. The molecule has 0 spiro atoms. The molecule has 0 aliphatic heterocycles. The summed E-state index contributed by atoms with van der Waals surface area (Å²) in [6.45, 7) is 4.05. The summed E-state index contributed by atoms with van der Waals surface area (Å²) in [6, 6.07) is 4.01. The van der Waals surface area contributed by atoms with E-state index in [9.17, 15) is 0 Å². The van der Waals surface area contributed by atoms with E-state index in [1.807, 2.05) is 26.0 Å². The predicted molar refractivity (Wildman–Crippen MR) is 78.4 cm³/mol. The van der Waals surface area contributed by atoms with Crippen LogP contribution in [0.2, 0.25) is 5.02 Å². The van der Waals surface area contributed by atoms with Crippen molar-refractivity contribution in [3.05, 3.63) is 39.0 Å². The van der Waals surface area contributed by atoms with Crippen LogP contribution in [0, 0.1) is 13.8 Å². The third kappa shape index (κ3) is 2.73. The van der Waals surface area contributed by atoms with Gasteiger partial charge in [-0.2, -0.15) is 4.98 Å². The van der Waals surface area contributed by atoms with E-state index in [0.29, 0.717) is 10.8 Å². The lowest BCUT2D eigenvalue weighted by atomic mass is 10.1. The van der Waals surface area contributed by atoms with E-state index in [1.54, 1.807) is 0 Å². The van der Waals surface area contributed by atoms with E-state index in [1.165, 1.54) is 6.20 Å². The fourth-order valence-electron chi connectivity index (χ4n) is 1.62. The number of aromatic nitrogens is 2. The number of hydrogen-bond donors (Lipinski definition) is 2. The summed E-state index contributed by atoms with van der Waals surface area (Å²) in [7, 11) is 0. The largest absolute Gasteiger partial charge is 0.368 e. The quantitative estimate of drug-likeness (QED) is 0.879. The highest BCUT2D eigenvalue weighted by atomic mass is 79.9. The van der Waals surface area contributed by atoms with Gasteiger partial charge in [0.15, 0.2) is 5.82 Å². The van der Waals surface area contributed by atoms with Gasteiger partial charge in [-0.15, -0.1) is 0 Å². The number of nitrogens with one attached hydrogen (secondary N) is 1. The van der Waals surface area contributed by atoms with E-state index in [0.717, 1.165) is 21.3 Å². The highest BCUT2D eigenvalue weighted by molar-refractivity contribution is 9.10. The molecule has 0 unspecified atom stereocenters. The molecule has 1 aromatic carbocycles. The van der Waals surface area contributed by atoms with E-state index >= 15 is 0 Å². The minimum Gasteiger partial charge on any atom is -0.368 e. The van der Waals surface area contributed by atoms with Crippen molar-refractivity contribution in [3.8, 4) is 0 Å². The maximum absolute atomic E-state index is 6.00. The predicted octanol–water partition coefficient (Wildman–Crippen LogP) is 3.84. The van der Waals surface area contributed by atoms with E-state index in [-0.39, 0.29) is 5.95 Å². The third-order valence-electron chi connectivity index (χ3n) is 2.46. The van der Waals surface area contributed by atoms with Crippen LogP contribution in [-0.4, -0.2) is 9.97 Å². The summed E-state index contributed by atoms with van der Waals surface area (Å²) < 4.78 is 1.10. The van der Waals surface area contributed by atoms with E-state index in [4.69, 9.17) is 17.3 Å². The fourth-order valence-corrected chi connectivity index (χ4v) is 1.99. The molecule has 94 valence electrons. The number of anilines is 3. The molecule has 3 N–H and O–H groups in total. The molecule has 18 heavy (non-hydrogen) atoms.